The van der Waals surface area contributed by atoms with Gasteiger partial charge in [0.1, 0.15) is 0 Å². The number of nitrogens with one attached hydrogen (secondary N) is 1. The molecule has 1 aliphatic rings. The van der Waals surface area contributed by atoms with E-state index in [4.69, 9.17) is 16.3 Å². The second-order valence-electron chi connectivity index (χ2n) is 3.05. The number of rotatable bonds is 2. The first kappa shape index (κ1) is 8.56. The highest BCUT2D eigenvalue weighted by atomic mass is 35.5. The van der Waals surface area contributed by atoms with Crippen LogP contribution in [0.5, 0.6) is 5.75 Å². The SMILES string of the molecule is O=c1[nH]ncc(OC2CCC2)c1Cl. The Balaban J connectivity index is 2.19. The minimum atomic E-state index is -0.404. The lowest BCUT2D eigenvalue weighted by molar-refractivity contribution is 0.119. The summed E-state index contributed by atoms with van der Waals surface area (Å²) in [7, 11) is 0. The van der Waals surface area contributed by atoms with E-state index in [9.17, 15) is 4.79 Å². The summed E-state index contributed by atoms with van der Waals surface area (Å²) in [5.41, 5.74) is -0.404. The lowest BCUT2D eigenvalue weighted by Gasteiger charge is -2.26. The van der Waals surface area contributed by atoms with Crippen LogP contribution in [-0.4, -0.2) is 16.3 Å². The van der Waals surface area contributed by atoms with Crippen LogP contribution < -0.4 is 10.3 Å². The third kappa shape index (κ3) is 1.67. The van der Waals surface area contributed by atoms with E-state index in [1.807, 2.05) is 0 Å². The van der Waals surface area contributed by atoms with Crippen LogP contribution in [0.1, 0.15) is 19.3 Å². The van der Waals surface area contributed by atoms with E-state index < -0.39 is 5.56 Å². The molecule has 0 amide bonds. The maximum absolute atomic E-state index is 11.0. The van der Waals surface area contributed by atoms with Crippen molar-refractivity contribution in [1.82, 2.24) is 10.2 Å². The van der Waals surface area contributed by atoms with Crippen LogP contribution in [0.15, 0.2) is 11.0 Å². The third-order valence-electron chi connectivity index (χ3n) is 2.11. The molecule has 2 rings (SSSR count). The summed E-state index contributed by atoms with van der Waals surface area (Å²) in [5.74, 6) is 0.384. The quantitative estimate of drug-likeness (QED) is 0.784. The van der Waals surface area contributed by atoms with Gasteiger partial charge in [0.15, 0.2) is 10.8 Å². The maximum atomic E-state index is 11.0. The molecule has 0 aliphatic heterocycles. The Morgan fingerprint density at radius 2 is 2.38 bits per heavy atom. The molecule has 1 aromatic rings. The lowest BCUT2D eigenvalue weighted by Crippen LogP contribution is -2.25. The Labute approximate surface area is 79.9 Å². The van der Waals surface area contributed by atoms with Crippen LogP contribution in [0.25, 0.3) is 0 Å². The molecule has 0 spiro atoms. The normalized spacial score (nSPS) is 16.7. The molecule has 0 aromatic carbocycles. The van der Waals surface area contributed by atoms with Crippen molar-refractivity contribution in [2.75, 3.05) is 0 Å². The first-order valence-electron chi connectivity index (χ1n) is 4.17. The van der Waals surface area contributed by atoms with Crippen LogP contribution in [0.2, 0.25) is 5.02 Å². The summed E-state index contributed by atoms with van der Waals surface area (Å²) >= 11 is 5.71. The van der Waals surface area contributed by atoms with E-state index in [1.54, 1.807) is 0 Å². The van der Waals surface area contributed by atoms with Crippen LogP contribution in [0.3, 0.4) is 0 Å². The van der Waals surface area contributed by atoms with Gasteiger partial charge in [0.05, 0.1) is 12.3 Å². The molecule has 1 aromatic heterocycles. The van der Waals surface area contributed by atoms with Crippen LogP contribution in [0.4, 0.5) is 0 Å². The monoisotopic (exact) mass is 200 g/mol. The number of ether oxygens (including phenoxy) is 1. The van der Waals surface area contributed by atoms with Crippen molar-refractivity contribution < 1.29 is 4.74 Å². The summed E-state index contributed by atoms with van der Waals surface area (Å²) in [4.78, 5) is 11.0. The average Bonchev–Trinajstić information content (AvgIpc) is 2.04. The van der Waals surface area contributed by atoms with Gasteiger partial charge in [-0.2, -0.15) is 5.10 Å². The highest BCUT2D eigenvalue weighted by molar-refractivity contribution is 6.31. The number of hydrogen-bond donors (Lipinski definition) is 1. The molecule has 0 atom stereocenters. The van der Waals surface area contributed by atoms with Gasteiger partial charge in [0, 0.05) is 0 Å². The molecule has 0 bridgehead atoms. The van der Waals surface area contributed by atoms with Gasteiger partial charge in [-0.05, 0) is 19.3 Å². The third-order valence-corrected chi connectivity index (χ3v) is 2.47. The highest BCUT2D eigenvalue weighted by Gasteiger charge is 2.20. The minimum Gasteiger partial charge on any atom is -0.487 e. The average molecular weight is 201 g/mol. The Hall–Kier alpha value is -1.03. The predicted octanol–water partition coefficient (Wildman–Crippen LogP) is 1.35. The Morgan fingerprint density at radius 1 is 1.62 bits per heavy atom. The molecular weight excluding hydrogens is 192 g/mol. The van der Waals surface area contributed by atoms with Crippen molar-refractivity contribution in [3.05, 3.63) is 21.6 Å². The molecule has 1 N–H and O–H groups in total. The van der Waals surface area contributed by atoms with Crippen LogP contribution in [0, 0.1) is 0 Å². The first-order chi connectivity index (χ1) is 6.27. The van der Waals surface area contributed by atoms with Gasteiger partial charge in [0.25, 0.3) is 5.56 Å². The largest absolute Gasteiger partial charge is 0.487 e. The summed E-state index contributed by atoms with van der Waals surface area (Å²) in [5, 5.41) is 5.93. The zero-order valence-corrected chi connectivity index (χ0v) is 7.67. The summed E-state index contributed by atoms with van der Waals surface area (Å²) in [6.07, 6.45) is 4.88. The molecule has 70 valence electrons. The number of H-pyrrole nitrogens is 1. The number of aromatic amines is 1. The number of nitrogens with zero attached hydrogens (tertiary/aromatic N) is 1. The summed E-state index contributed by atoms with van der Waals surface area (Å²) in [6, 6.07) is 0. The number of aromatic nitrogens is 2. The molecule has 5 heteroatoms. The van der Waals surface area contributed by atoms with E-state index >= 15 is 0 Å². The zero-order valence-electron chi connectivity index (χ0n) is 6.92. The van der Waals surface area contributed by atoms with Gasteiger partial charge in [-0.3, -0.25) is 4.79 Å². The van der Waals surface area contributed by atoms with Crippen molar-refractivity contribution >= 4 is 11.6 Å². The Bertz CT molecular complexity index is 359. The second-order valence-corrected chi connectivity index (χ2v) is 3.43. The fourth-order valence-electron chi connectivity index (χ4n) is 1.12. The summed E-state index contributed by atoms with van der Waals surface area (Å²) in [6.45, 7) is 0. The van der Waals surface area contributed by atoms with Crippen LogP contribution in [-0.2, 0) is 0 Å². The molecule has 0 unspecified atom stereocenters. The van der Waals surface area contributed by atoms with Crippen molar-refractivity contribution in [3.8, 4) is 5.75 Å². The number of halogens is 1. The molecule has 1 heterocycles. The van der Waals surface area contributed by atoms with E-state index in [-0.39, 0.29) is 11.1 Å². The van der Waals surface area contributed by atoms with Crippen LogP contribution >= 0.6 is 11.6 Å². The van der Waals surface area contributed by atoms with Gasteiger partial charge in [-0.15, -0.1) is 0 Å². The molecule has 0 radical (unpaired) electrons. The Kier molecular flexibility index (Phi) is 2.22. The van der Waals surface area contributed by atoms with Crippen molar-refractivity contribution in [2.45, 2.75) is 25.4 Å². The van der Waals surface area contributed by atoms with Gasteiger partial charge in [-0.1, -0.05) is 11.6 Å². The Morgan fingerprint density at radius 3 is 3.00 bits per heavy atom. The van der Waals surface area contributed by atoms with E-state index in [0.717, 1.165) is 12.8 Å². The number of hydrogen-bond acceptors (Lipinski definition) is 3. The fourth-order valence-corrected chi connectivity index (χ4v) is 1.25. The van der Waals surface area contributed by atoms with Crippen molar-refractivity contribution in [1.29, 1.82) is 0 Å². The molecule has 13 heavy (non-hydrogen) atoms. The topological polar surface area (TPSA) is 55.0 Å². The summed E-state index contributed by atoms with van der Waals surface area (Å²) < 4.78 is 5.45. The molecular formula is C8H9ClN2O2. The fraction of sp³-hybridized carbons (Fsp3) is 0.500. The van der Waals surface area contributed by atoms with Crippen molar-refractivity contribution in [2.24, 2.45) is 0 Å². The predicted molar refractivity (Wildman–Crippen MR) is 48.1 cm³/mol. The maximum Gasteiger partial charge on any atom is 0.286 e. The molecule has 0 saturated heterocycles. The second kappa shape index (κ2) is 3.38. The van der Waals surface area contributed by atoms with Gasteiger partial charge >= 0.3 is 0 Å². The lowest BCUT2D eigenvalue weighted by atomic mass is 9.96. The minimum absolute atomic E-state index is 0.0851. The smallest absolute Gasteiger partial charge is 0.286 e. The van der Waals surface area contributed by atoms with Gasteiger partial charge < -0.3 is 4.74 Å². The van der Waals surface area contributed by atoms with Gasteiger partial charge in [-0.25, -0.2) is 5.10 Å². The molecule has 1 aliphatic carbocycles. The van der Waals surface area contributed by atoms with E-state index in [2.05, 4.69) is 10.2 Å². The van der Waals surface area contributed by atoms with E-state index in [0.29, 0.717) is 5.75 Å². The molecule has 4 nitrogen and oxygen atoms in total. The molecule has 1 fully saturated rings. The molecule has 1 saturated carbocycles. The standard InChI is InChI=1S/C8H9ClN2O2/c9-7-6(4-10-11-8(7)12)13-5-2-1-3-5/h4-5H,1-3H2,(H,11,12). The van der Waals surface area contributed by atoms with Gasteiger partial charge in [0.2, 0.25) is 0 Å². The van der Waals surface area contributed by atoms with Crippen molar-refractivity contribution in [3.63, 3.8) is 0 Å². The zero-order chi connectivity index (χ0) is 9.26. The van der Waals surface area contributed by atoms with E-state index in [1.165, 1.54) is 12.6 Å². The highest BCUT2D eigenvalue weighted by Crippen LogP contribution is 2.27. The first-order valence-corrected chi connectivity index (χ1v) is 4.55.